The first-order valence-electron chi connectivity index (χ1n) is 9.73. The highest BCUT2D eigenvalue weighted by atomic mass is 19.4. The molecule has 0 saturated carbocycles. The third-order valence-electron chi connectivity index (χ3n) is 5.40. The average molecular weight is 387 g/mol. The minimum atomic E-state index is -4.22. The number of likely N-dealkylation sites (tertiary alicyclic amines) is 1. The van der Waals surface area contributed by atoms with E-state index in [1.807, 2.05) is 11.9 Å². The smallest absolute Gasteiger partial charge is 0.306 e. The molecule has 2 aliphatic heterocycles. The minimum Gasteiger partial charge on any atom is -0.306 e. The molecule has 154 valence electrons. The Morgan fingerprint density at radius 1 is 1.22 bits per heavy atom. The average Bonchev–Trinajstić information content (AvgIpc) is 2.60. The van der Waals surface area contributed by atoms with Gasteiger partial charge < -0.3 is 9.80 Å². The predicted molar refractivity (Wildman–Crippen MR) is 103 cm³/mol. The molecule has 0 bridgehead atoms. The van der Waals surface area contributed by atoms with Crippen LogP contribution in [0.2, 0.25) is 0 Å². The van der Waals surface area contributed by atoms with Gasteiger partial charge in [0.2, 0.25) is 0 Å². The van der Waals surface area contributed by atoms with Crippen molar-refractivity contribution in [3.8, 4) is 0 Å². The van der Waals surface area contributed by atoms with Gasteiger partial charge in [0.15, 0.2) is 0 Å². The molecule has 0 aliphatic carbocycles. The monoisotopic (exact) mass is 386 g/mol. The van der Waals surface area contributed by atoms with Gasteiger partial charge in [-0.2, -0.15) is 13.2 Å². The van der Waals surface area contributed by atoms with Crippen LogP contribution in [0, 0.1) is 5.92 Å². The maximum atomic E-state index is 12.1. The Kier molecular flexibility index (Phi) is 8.09. The summed E-state index contributed by atoms with van der Waals surface area (Å²) in [6, 6.07) is 6.06. The van der Waals surface area contributed by atoms with E-state index in [9.17, 15) is 13.2 Å². The first-order chi connectivity index (χ1) is 12.7. The molecular formula is C20H33F3N4. The molecule has 2 N–H and O–H groups in total. The number of aryl methyl sites for hydroxylation is 1. The lowest BCUT2D eigenvalue weighted by atomic mass is 9.98. The second kappa shape index (κ2) is 9.87. The van der Waals surface area contributed by atoms with Crippen molar-refractivity contribution < 1.29 is 13.2 Å². The highest BCUT2D eigenvalue weighted by molar-refractivity contribution is 5.25. The number of hydrazine groups is 1. The number of hydrogen-bond acceptors (Lipinski definition) is 4. The second-order valence-corrected chi connectivity index (χ2v) is 7.87. The lowest BCUT2D eigenvalue weighted by Gasteiger charge is -2.42. The molecule has 1 aromatic carbocycles. The van der Waals surface area contributed by atoms with Crippen molar-refractivity contribution >= 4 is 0 Å². The zero-order valence-electron chi connectivity index (χ0n) is 16.7. The molecule has 0 amide bonds. The summed E-state index contributed by atoms with van der Waals surface area (Å²) < 4.78 is 36.3. The van der Waals surface area contributed by atoms with E-state index >= 15 is 0 Å². The largest absolute Gasteiger partial charge is 0.416 e. The van der Waals surface area contributed by atoms with Gasteiger partial charge in [-0.05, 0) is 50.9 Å². The standard InChI is InChI=1S/C11H24N4.C9H9F3/c1-13-6-10(7-13)8-14(2)11-4-3-5-15(12)9-11;1-2-7-4-3-5-8(6-7)9(10,11)12/h10-11H,3-9,12H2,1-2H3;3-6H,2H2,1H3. The van der Waals surface area contributed by atoms with Crippen molar-refractivity contribution in [3.63, 3.8) is 0 Å². The molecule has 7 heteroatoms. The van der Waals surface area contributed by atoms with Gasteiger partial charge in [0.1, 0.15) is 0 Å². The Hall–Kier alpha value is -1.15. The molecule has 1 aromatic rings. The number of rotatable bonds is 4. The molecular weight excluding hydrogens is 353 g/mol. The summed E-state index contributed by atoms with van der Waals surface area (Å²) in [5.41, 5.74) is 0.145. The molecule has 2 aliphatic rings. The van der Waals surface area contributed by atoms with Crippen LogP contribution in [0.4, 0.5) is 13.2 Å². The first kappa shape index (κ1) is 22.1. The van der Waals surface area contributed by atoms with E-state index in [0.717, 1.165) is 25.1 Å². The van der Waals surface area contributed by atoms with E-state index in [-0.39, 0.29) is 0 Å². The van der Waals surface area contributed by atoms with Crippen LogP contribution < -0.4 is 5.84 Å². The number of nitrogens with zero attached hydrogens (tertiary/aromatic N) is 3. The molecule has 3 rings (SSSR count). The third-order valence-corrected chi connectivity index (χ3v) is 5.40. The van der Waals surface area contributed by atoms with Gasteiger partial charge in [-0.25, -0.2) is 5.01 Å². The molecule has 0 spiro atoms. The van der Waals surface area contributed by atoms with E-state index in [1.54, 1.807) is 6.07 Å². The van der Waals surface area contributed by atoms with Crippen LogP contribution in [0.25, 0.3) is 0 Å². The van der Waals surface area contributed by atoms with Crippen LogP contribution in [0.5, 0.6) is 0 Å². The maximum absolute atomic E-state index is 12.1. The zero-order chi connectivity index (χ0) is 20.0. The molecule has 0 aromatic heterocycles. The van der Waals surface area contributed by atoms with E-state index in [0.29, 0.717) is 18.0 Å². The summed E-state index contributed by atoms with van der Waals surface area (Å²) in [4.78, 5) is 4.89. The normalized spacial score (nSPS) is 22.3. The van der Waals surface area contributed by atoms with Crippen molar-refractivity contribution in [3.05, 3.63) is 35.4 Å². The van der Waals surface area contributed by atoms with Gasteiger partial charge in [-0.1, -0.05) is 25.1 Å². The van der Waals surface area contributed by atoms with E-state index in [1.165, 1.54) is 44.6 Å². The second-order valence-electron chi connectivity index (χ2n) is 7.87. The van der Waals surface area contributed by atoms with Crippen molar-refractivity contribution in [1.82, 2.24) is 14.8 Å². The molecule has 2 heterocycles. The number of likely N-dealkylation sites (N-methyl/N-ethyl adjacent to an activating group) is 1. The fourth-order valence-electron chi connectivity index (χ4n) is 3.81. The Morgan fingerprint density at radius 2 is 1.93 bits per heavy atom. The van der Waals surface area contributed by atoms with Gasteiger partial charge in [0.05, 0.1) is 5.56 Å². The highest BCUT2D eigenvalue weighted by Gasteiger charge is 2.30. The van der Waals surface area contributed by atoms with Crippen molar-refractivity contribution in [2.45, 2.75) is 38.4 Å². The summed E-state index contributed by atoms with van der Waals surface area (Å²) in [7, 11) is 4.45. The lowest BCUT2D eigenvalue weighted by Crippen LogP contribution is -2.54. The van der Waals surface area contributed by atoms with Gasteiger partial charge in [0, 0.05) is 38.8 Å². The van der Waals surface area contributed by atoms with Crippen molar-refractivity contribution in [2.75, 3.05) is 46.8 Å². The fraction of sp³-hybridized carbons (Fsp3) is 0.700. The van der Waals surface area contributed by atoms with Crippen LogP contribution in [0.1, 0.15) is 30.9 Å². The Labute approximate surface area is 161 Å². The molecule has 2 saturated heterocycles. The minimum absolute atomic E-state index is 0.568. The van der Waals surface area contributed by atoms with Gasteiger partial charge in [0.25, 0.3) is 0 Å². The Bertz CT molecular complexity index is 573. The summed E-state index contributed by atoms with van der Waals surface area (Å²) >= 11 is 0. The fourth-order valence-corrected chi connectivity index (χ4v) is 3.81. The van der Waals surface area contributed by atoms with Crippen LogP contribution in [-0.2, 0) is 12.6 Å². The Balaban J connectivity index is 0.000000199. The first-order valence-corrected chi connectivity index (χ1v) is 9.73. The van der Waals surface area contributed by atoms with Crippen LogP contribution in [0.15, 0.2) is 24.3 Å². The Morgan fingerprint density at radius 3 is 2.48 bits per heavy atom. The molecule has 0 radical (unpaired) electrons. The van der Waals surface area contributed by atoms with E-state index in [2.05, 4.69) is 23.9 Å². The highest BCUT2D eigenvalue weighted by Crippen LogP contribution is 2.29. The molecule has 2 fully saturated rings. The van der Waals surface area contributed by atoms with E-state index < -0.39 is 11.7 Å². The zero-order valence-corrected chi connectivity index (χ0v) is 16.7. The van der Waals surface area contributed by atoms with E-state index in [4.69, 9.17) is 5.84 Å². The molecule has 1 unspecified atom stereocenters. The van der Waals surface area contributed by atoms with Crippen molar-refractivity contribution in [2.24, 2.45) is 11.8 Å². The SMILES string of the molecule is CCc1cccc(C(F)(F)F)c1.CN1CC(CN(C)C2CCCN(N)C2)C1. The number of piperidine rings is 1. The summed E-state index contributed by atoms with van der Waals surface area (Å²) in [5, 5.41) is 1.97. The third kappa shape index (κ3) is 7.07. The number of halogens is 3. The quantitative estimate of drug-likeness (QED) is 0.807. The number of nitrogens with two attached hydrogens (primary N) is 1. The van der Waals surface area contributed by atoms with Crippen LogP contribution in [-0.4, -0.2) is 67.7 Å². The molecule has 27 heavy (non-hydrogen) atoms. The molecule has 4 nitrogen and oxygen atoms in total. The van der Waals surface area contributed by atoms with Gasteiger partial charge in [-0.3, -0.25) is 5.84 Å². The maximum Gasteiger partial charge on any atom is 0.416 e. The topological polar surface area (TPSA) is 35.7 Å². The van der Waals surface area contributed by atoms with Crippen LogP contribution in [0.3, 0.4) is 0 Å². The summed E-state index contributed by atoms with van der Waals surface area (Å²) in [6.45, 7) is 7.71. The molecule has 1 atom stereocenters. The number of benzene rings is 1. The van der Waals surface area contributed by atoms with Crippen molar-refractivity contribution in [1.29, 1.82) is 0 Å². The number of hydrogen-bond donors (Lipinski definition) is 1. The summed E-state index contributed by atoms with van der Waals surface area (Å²) in [6.07, 6.45) is -1.03. The lowest BCUT2D eigenvalue weighted by molar-refractivity contribution is -0.137. The van der Waals surface area contributed by atoms with Gasteiger partial charge in [-0.15, -0.1) is 0 Å². The van der Waals surface area contributed by atoms with Gasteiger partial charge >= 0.3 is 6.18 Å². The predicted octanol–water partition coefficient (Wildman–Crippen LogP) is 3.09. The number of alkyl halides is 3. The summed E-state index contributed by atoms with van der Waals surface area (Å²) in [5.74, 6) is 6.74. The van der Waals surface area contributed by atoms with Crippen LogP contribution >= 0.6 is 0 Å².